The van der Waals surface area contributed by atoms with Crippen molar-refractivity contribution in [3.63, 3.8) is 0 Å². The van der Waals surface area contributed by atoms with Crippen LogP contribution in [-0.4, -0.2) is 33.3 Å². The van der Waals surface area contributed by atoms with Crippen LogP contribution in [0.4, 0.5) is 0 Å². The third-order valence-electron chi connectivity index (χ3n) is 3.86. The first kappa shape index (κ1) is 14.0. The van der Waals surface area contributed by atoms with Crippen molar-refractivity contribution in [3.05, 3.63) is 11.6 Å². The van der Waals surface area contributed by atoms with Gasteiger partial charge >= 0.3 is 0 Å². The van der Waals surface area contributed by atoms with Crippen LogP contribution >= 0.6 is 0 Å². The Morgan fingerprint density at radius 1 is 1.28 bits per heavy atom. The Hall–Kier alpha value is -0.390. The van der Waals surface area contributed by atoms with Gasteiger partial charge in [0.15, 0.2) is 0 Å². The molecule has 5 heteroatoms. The molecule has 0 spiro atoms. The van der Waals surface area contributed by atoms with Gasteiger partial charge in [-0.1, -0.05) is 11.6 Å². The number of hydrogen-bond acceptors (Lipinski definition) is 3. The van der Waals surface area contributed by atoms with E-state index in [0.29, 0.717) is 6.54 Å². The van der Waals surface area contributed by atoms with Gasteiger partial charge in [0, 0.05) is 6.54 Å². The van der Waals surface area contributed by atoms with Crippen molar-refractivity contribution in [2.24, 2.45) is 0 Å². The predicted octanol–water partition coefficient (Wildman–Crippen LogP) is 1.55. The van der Waals surface area contributed by atoms with Crippen molar-refractivity contribution in [2.75, 3.05) is 19.6 Å². The van der Waals surface area contributed by atoms with E-state index >= 15 is 0 Å². The van der Waals surface area contributed by atoms with Crippen molar-refractivity contribution >= 4 is 10.0 Å². The molecule has 0 aromatic carbocycles. The van der Waals surface area contributed by atoms with Gasteiger partial charge in [0.2, 0.25) is 10.0 Å². The maximum absolute atomic E-state index is 12.1. The Labute approximate surface area is 110 Å². The third-order valence-corrected chi connectivity index (χ3v) is 5.81. The summed E-state index contributed by atoms with van der Waals surface area (Å²) in [6, 6.07) is 0. The maximum atomic E-state index is 12.1. The van der Waals surface area contributed by atoms with E-state index < -0.39 is 10.0 Å². The first-order valence-corrected chi connectivity index (χ1v) is 8.60. The van der Waals surface area contributed by atoms with Crippen molar-refractivity contribution in [3.8, 4) is 0 Å². The van der Waals surface area contributed by atoms with E-state index in [-0.39, 0.29) is 5.25 Å². The Balaban J connectivity index is 1.76. The molecular weight excluding hydrogens is 248 g/mol. The molecule has 0 aromatic rings. The Bertz CT molecular complexity index is 384. The highest BCUT2D eigenvalue weighted by Gasteiger charge is 2.26. The second kappa shape index (κ2) is 6.68. The lowest BCUT2D eigenvalue weighted by Gasteiger charge is -2.23. The van der Waals surface area contributed by atoms with E-state index in [4.69, 9.17) is 0 Å². The largest absolute Gasteiger partial charge is 0.317 e. The Morgan fingerprint density at radius 3 is 2.72 bits per heavy atom. The fourth-order valence-corrected chi connectivity index (χ4v) is 4.19. The van der Waals surface area contributed by atoms with Crippen molar-refractivity contribution in [1.29, 1.82) is 0 Å². The van der Waals surface area contributed by atoms with Gasteiger partial charge in [0.25, 0.3) is 0 Å². The van der Waals surface area contributed by atoms with Gasteiger partial charge in [-0.05, 0) is 58.0 Å². The highest BCUT2D eigenvalue weighted by Crippen LogP contribution is 2.20. The summed E-state index contributed by atoms with van der Waals surface area (Å²) < 4.78 is 26.9. The lowest BCUT2D eigenvalue weighted by molar-refractivity contribution is 0.489. The summed E-state index contributed by atoms with van der Waals surface area (Å²) in [5.74, 6) is 0. The van der Waals surface area contributed by atoms with Crippen molar-refractivity contribution in [2.45, 2.75) is 50.2 Å². The number of piperidine rings is 1. The number of nitrogens with one attached hydrogen (secondary N) is 2. The molecule has 0 aromatic heterocycles. The van der Waals surface area contributed by atoms with E-state index in [1.54, 1.807) is 0 Å². The zero-order valence-corrected chi connectivity index (χ0v) is 11.8. The lowest BCUT2D eigenvalue weighted by atomic mass is 9.97. The van der Waals surface area contributed by atoms with Crippen LogP contribution in [0.5, 0.6) is 0 Å². The maximum Gasteiger partial charge on any atom is 0.214 e. The van der Waals surface area contributed by atoms with Gasteiger partial charge in [-0.15, -0.1) is 0 Å². The van der Waals surface area contributed by atoms with Gasteiger partial charge in [0.05, 0.1) is 5.25 Å². The van der Waals surface area contributed by atoms with Crippen LogP contribution in [0.1, 0.15) is 44.9 Å². The normalized spacial score (nSPS) is 22.8. The minimum atomic E-state index is -3.10. The van der Waals surface area contributed by atoms with Gasteiger partial charge in [0.1, 0.15) is 0 Å². The summed E-state index contributed by atoms with van der Waals surface area (Å²) in [7, 11) is -3.10. The Kier molecular flexibility index (Phi) is 5.21. The average molecular weight is 272 g/mol. The van der Waals surface area contributed by atoms with Gasteiger partial charge in [-0.2, -0.15) is 0 Å². The van der Waals surface area contributed by atoms with Crippen molar-refractivity contribution < 1.29 is 8.42 Å². The van der Waals surface area contributed by atoms with Crippen LogP contribution in [0.15, 0.2) is 11.6 Å². The number of rotatable bonds is 5. The Morgan fingerprint density at radius 2 is 2.06 bits per heavy atom. The van der Waals surface area contributed by atoms with E-state index in [2.05, 4.69) is 16.1 Å². The second-order valence-electron chi connectivity index (χ2n) is 5.25. The van der Waals surface area contributed by atoms with Crippen LogP contribution < -0.4 is 10.0 Å². The molecule has 0 radical (unpaired) electrons. The summed E-state index contributed by atoms with van der Waals surface area (Å²) in [6.07, 6.45) is 9.48. The molecule has 0 atom stereocenters. The van der Waals surface area contributed by atoms with E-state index in [1.807, 2.05) is 0 Å². The quantitative estimate of drug-likeness (QED) is 0.747. The molecule has 0 bridgehead atoms. The molecule has 0 saturated carbocycles. The molecule has 2 aliphatic rings. The summed E-state index contributed by atoms with van der Waals surface area (Å²) in [5.41, 5.74) is 1.43. The summed E-state index contributed by atoms with van der Waals surface area (Å²) in [4.78, 5) is 0. The van der Waals surface area contributed by atoms with Gasteiger partial charge < -0.3 is 5.32 Å². The third kappa shape index (κ3) is 4.07. The van der Waals surface area contributed by atoms with Crippen molar-refractivity contribution in [1.82, 2.24) is 10.0 Å². The van der Waals surface area contributed by atoms with Gasteiger partial charge in [-0.3, -0.25) is 0 Å². The zero-order valence-electron chi connectivity index (χ0n) is 11.0. The van der Waals surface area contributed by atoms with E-state index in [9.17, 15) is 8.42 Å². The molecule has 18 heavy (non-hydrogen) atoms. The topological polar surface area (TPSA) is 58.2 Å². The summed E-state index contributed by atoms with van der Waals surface area (Å²) in [6.45, 7) is 2.20. The summed E-state index contributed by atoms with van der Waals surface area (Å²) >= 11 is 0. The van der Waals surface area contributed by atoms with Crippen LogP contribution in [0.25, 0.3) is 0 Å². The molecule has 0 unspecified atom stereocenters. The van der Waals surface area contributed by atoms with E-state index in [0.717, 1.165) is 45.2 Å². The standard InChI is InChI=1S/C13H24N2O2S/c16-18(17,13-7-9-14-10-8-13)15-11-6-12-4-2-1-3-5-12/h4,13-15H,1-3,5-11H2. The fourth-order valence-electron chi connectivity index (χ4n) is 2.71. The molecule has 1 fully saturated rings. The highest BCUT2D eigenvalue weighted by atomic mass is 32.2. The van der Waals surface area contributed by atoms with Crippen LogP contribution in [-0.2, 0) is 10.0 Å². The highest BCUT2D eigenvalue weighted by molar-refractivity contribution is 7.90. The van der Waals surface area contributed by atoms with Crippen LogP contribution in [0, 0.1) is 0 Å². The minimum absolute atomic E-state index is 0.195. The van der Waals surface area contributed by atoms with E-state index in [1.165, 1.54) is 18.4 Å². The molecule has 104 valence electrons. The summed E-state index contributed by atoms with van der Waals surface area (Å²) in [5, 5.41) is 3.00. The minimum Gasteiger partial charge on any atom is -0.317 e. The fraction of sp³-hybridized carbons (Fsp3) is 0.846. The van der Waals surface area contributed by atoms with Gasteiger partial charge in [-0.25, -0.2) is 13.1 Å². The first-order valence-electron chi connectivity index (χ1n) is 7.05. The molecule has 0 amide bonds. The SMILES string of the molecule is O=S(=O)(NCCC1=CCCCC1)C1CCNCC1. The number of hydrogen-bond donors (Lipinski definition) is 2. The number of allylic oxidation sites excluding steroid dienone is 1. The molecule has 2 N–H and O–H groups in total. The molecule has 4 nitrogen and oxygen atoms in total. The zero-order chi connectivity index (χ0) is 12.8. The monoisotopic (exact) mass is 272 g/mol. The molecule has 1 saturated heterocycles. The molecule has 1 aliphatic heterocycles. The average Bonchev–Trinajstić information content (AvgIpc) is 2.41. The molecule has 1 aliphatic carbocycles. The first-order chi connectivity index (χ1) is 8.68. The van der Waals surface area contributed by atoms with Crippen LogP contribution in [0.3, 0.4) is 0 Å². The number of sulfonamides is 1. The lowest BCUT2D eigenvalue weighted by Crippen LogP contribution is -2.41. The second-order valence-corrected chi connectivity index (χ2v) is 7.29. The molecule has 1 heterocycles. The molecule has 2 rings (SSSR count). The smallest absolute Gasteiger partial charge is 0.214 e. The van der Waals surface area contributed by atoms with Crippen LogP contribution in [0.2, 0.25) is 0 Å². The molecular formula is C13H24N2O2S. The predicted molar refractivity (Wildman–Crippen MR) is 74.0 cm³/mol.